The van der Waals surface area contributed by atoms with Crippen molar-refractivity contribution in [2.45, 2.75) is 118 Å². The van der Waals surface area contributed by atoms with Gasteiger partial charge in [-0.3, -0.25) is 0 Å². The zero-order valence-corrected chi connectivity index (χ0v) is 22.1. The molecule has 188 valence electrons. The number of carbonyl (C=O) groups is 1. The molecule has 0 aromatic heterocycles. The van der Waals surface area contributed by atoms with Crippen LogP contribution in [0.15, 0.2) is 36.4 Å². The molecular formula is C31H46O3. The van der Waals surface area contributed by atoms with Crippen LogP contribution in [-0.2, 0) is 12.8 Å². The van der Waals surface area contributed by atoms with Gasteiger partial charge < -0.3 is 9.47 Å². The molecule has 0 bridgehead atoms. The van der Waals surface area contributed by atoms with E-state index < -0.39 is 6.16 Å². The van der Waals surface area contributed by atoms with Crippen molar-refractivity contribution in [2.75, 3.05) is 0 Å². The number of benzene rings is 2. The predicted molar refractivity (Wildman–Crippen MR) is 143 cm³/mol. The molecule has 0 amide bonds. The molecule has 0 saturated carbocycles. The highest BCUT2D eigenvalue weighted by Crippen LogP contribution is 2.26. The third kappa shape index (κ3) is 9.91. The summed E-state index contributed by atoms with van der Waals surface area (Å²) in [4.78, 5) is 12.6. The highest BCUT2D eigenvalue weighted by atomic mass is 16.7. The molecule has 3 heteroatoms. The van der Waals surface area contributed by atoms with Gasteiger partial charge in [-0.1, -0.05) is 102 Å². The van der Waals surface area contributed by atoms with E-state index in [1.807, 2.05) is 38.1 Å². The molecule has 34 heavy (non-hydrogen) atoms. The summed E-state index contributed by atoms with van der Waals surface area (Å²) < 4.78 is 11.2. The fraction of sp³-hybridized carbons (Fsp3) is 0.581. The maximum Gasteiger partial charge on any atom is 0.519 e. The van der Waals surface area contributed by atoms with E-state index in [0.717, 1.165) is 24.0 Å². The topological polar surface area (TPSA) is 35.5 Å². The molecule has 0 heterocycles. The zero-order valence-electron chi connectivity index (χ0n) is 22.1. The van der Waals surface area contributed by atoms with Gasteiger partial charge in [0.2, 0.25) is 0 Å². The maximum atomic E-state index is 12.6. The second kappa shape index (κ2) is 16.4. The van der Waals surface area contributed by atoms with Crippen LogP contribution in [0.25, 0.3) is 0 Å². The van der Waals surface area contributed by atoms with Crippen molar-refractivity contribution in [2.24, 2.45) is 0 Å². The van der Waals surface area contributed by atoms with Gasteiger partial charge >= 0.3 is 6.16 Å². The Morgan fingerprint density at radius 3 is 1.38 bits per heavy atom. The Balaban J connectivity index is 1.87. The molecule has 0 fully saturated rings. The van der Waals surface area contributed by atoms with Gasteiger partial charge in [0.25, 0.3) is 0 Å². The Morgan fingerprint density at radius 2 is 0.971 bits per heavy atom. The minimum Gasteiger partial charge on any atom is -0.394 e. The predicted octanol–water partition coefficient (Wildman–Crippen LogP) is 9.69. The van der Waals surface area contributed by atoms with Crippen molar-refractivity contribution in [3.63, 3.8) is 0 Å². The van der Waals surface area contributed by atoms with E-state index in [4.69, 9.17) is 9.47 Å². The lowest BCUT2D eigenvalue weighted by Crippen LogP contribution is -2.15. The lowest BCUT2D eigenvalue weighted by molar-refractivity contribution is 0.151. The fourth-order valence-electron chi connectivity index (χ4n) is 4.47. The average molecular weight is 467 g/mol. The molecule has 0 atom stereocenters. The van der Waals surface area contributed by atoms with Crippen LogP contribution < -0.4 is 9.47 Å². The van der Waals surface area contributed by atoms with Gasteiger partial charge in [0.15, 0.2) is 0 Å². The molecule has 0 saturated heterocycles. The molecule has 0 N–H and O–H groups in total. The summed E-state index contributed by atoms with van der Waals surface area (Å²) in [5.74, 6) is 1.18. The highest BCUT2D eigenvalue weighted by Gasteiger charge is 2.14. The molecule has 0 aliphatic carbocycles. The summed E-state index contributed by atoms with van der Waals surface area (Å²) >= 11 is 0. The van der Waals surface area contributed by atoms with Crippen LogP contribution in [0.3, 0.4) is 0 Å². The van der Waals surface area contributed by atoms with Crippen LogP contribution in [0, 0.1) is 13.8 Å². The van der Waals surface area contributed by atoms with E-state index in [0.29, 0.717) is 11.5 Å². The molecule has 0 aliphatic heterocycles. The lowest BCUT2D eigenvalue weighted by atomic mass is 10.0. The Hall–Kier alpha value is -2.29. The smallest absolute Gasteiger partial charge is 0.394 e. The monoisotopic (exact) mass is 466 g/mol. The SMILES string of the molecule is CCCCCCCCc1cccc(OC(=O)Oc2cccc(CCCCCCCC)c2C)c1C. The van der Waals surface area contributed by atoms with Crippen LogP contribution in [0.5, 0.6) is 11.5 Å². The molecule has 0 aliphatic rings. The van der Waals surface area contributed by atoms with Crippen molar-refractivity contribution in [1.29, 1.82) is 0 Å². The number of rotatable bonds is 16. The van der Waals surface area contributed by atoms with E-state index in [1.54, 1.807) is 0 Å². The van der Waals surface area contributed by atoms with Crippen molar-refractivity contribution < 1.29 is 14.3 Å². The number of ether oxygens (including phenoxy) is 2. The zero-order chi connectivity index (χ0) is 24.6. The summed E-state index contributed by atoms with van der Waals surface area (Å²) in [6.45, 7) is 8.55. The summed E-state index contributed by atoms with van der Waals surface area (Å²) in [5, 5.41) is 0. The van der Waals surface area contributed by atoms with Gasteiger partial charge in [-0.2, -0.15) is 0 Å². The third-order valence-electron chi connectivity index (χ3n) is 6.78. The molecule has 0 unspecified atom stereocenters. The average Bonchev–Trinajstić information content (AvgIpc) is 2.83. The summed E-state index contributed by atoms with van der Waals surface area (Å²) in [6.07, 6.45) is 16.7. The number of hydrogen-bond donors (Lipinski definition) is 0. The lowest BCUT2D eigenvalue weighted by Gasteiger charge is -2.14. The number of aryl methyl sites for hydroxylation is 2. The number of unbranched alkanes of at least 4 members (excludes halogenated alkanes) is 10. The van der Waals surface area contributed by atoms with Gasteiger partial charge in [-0.15, -0.1) is 0 Å². The van der Waals surface area contributed by atoms with E-state index in [1.165, 1.54) is 88.2 Å². The second-order valence-electron chi connectivity index (χ2n) is 9.57. The Bertz CT molecular complexity index is 786. The van der Waals surface area contributed by atoms with Crippen LogP contribution in [0.1, 0.15) is 113 Å². The number of carbonyl (C=O) groups excluding carboxylic acids is 1. The van der Waals surface area contributed by atoms with E-state index >= 15 is 0 Å². The molecule has 2 aromatic rings. The van der Waals surface area contributed by atoms with Gasteiger partial charge in [0.1, 0.15) is 11.5 Å². The van der Waals surface area contributed by atoms with Crippen molar-refractivity contribution in [1.82, 2.24) is 0 Å². The summed E-state index contributed by atoms with van der Waals surface area (Å²) in [7, 11) is 0. The van der Waals surface area contributed by atoms with Gasteiger partial charge in [0, 0.05) is 0 Å². The van der Waals surface area contributed by atoms with Gasteiger partial charge in [-0.05, 0) is 73.9 Å². The van der Waals surface area contributed by atoms with Crippen molar-refractivity contribution >= 4 is 6.16 Å². The van der Waals surface area contributed by atoms with E-state index in [2.05, 4.69) is 26.0 Å². The van der Waals surface area contributed by atoms with Crippen LogP contribution in [-0.4, -0.2) is 6.16 Å². The number of hydrogen-bond acceptors (Lipinski definition) is 3. The first-order valence-corrected chi connectivity index (χ1v) is 13.6. The van der Waals surface area contributed by atoms with Gasteiger partial charge in [-0.25, -0.2) is 4.79 Å². The quantitative estimate of drug-likeness (QED) is 0.140. The van der Waals surface area contributed by atoms with Crippen molar-refractivity contribution in [3.05, 3.63) is 58.7 Å². The summed E-state index contributed by atoms with van der Waals surface area (Å²) in [5.41, 5.74) is 4.55. The first-order valence-electron chi connectivity index (χ1n) is 13.6. The second-order valence-corrected chi connectivity index (χ2v) is 9.57. The molecule has 0 spiro atoms. The van der Waals surface area contributed by atoms with E-state index in [-0.39, 0.29) is 0 Å². The Labute approximate surface area is 208 Å². The van der Waals surface area contributed by atoms with Crippen LogP contribution in [0.4, 0.5) is 4.79 Å². The first-order chi connectivity index (χ1) is 16.6. The molecule has 2 aromatic carbocycles. The minimum atomic E-state index is -0.667. The Morgan fingerprint density at radius 1 is 0.588 bits per heavy atom. The largest absolute Gasteiger partial charge is 0.519 e. The van der Waals surface area contributed by atoms with Gasteiger partial charge in [0.05, 0.1) is 0 Å². The highest BCUT2D eigenvalue weighted by molar-refractivity contribution is 5.68. The van der Waals surface area contributed by atoms with Crippen molar-refractivity contribution in [3.8, 4) is 11.5 Å². The first kappa shape index (κ1) is 28.0. The minimum absolute atomic E-state index is 0.592. The molecule has 2 rings (SSSR count). The third-order valence-corrected chi connectivity index (χ3v) is 6.78. The molecular weight excluding hydrogens is 420 g/mol. The molecule has 3 nitrogen and oxygen atoms in total. The van der Waals surface area contributed by atoms with E-state index in [9.17, 15) is 4.79 Å². The normalized spacial score (nSPS) is 10.9. The van der Waals surface area contributed by atoms with Crippen LogP contribution >= 0.6 is 0 Å². The Kier molecular flexibility index (Phi) is 13.4. The standard InChI is InChI=1S/C31H46O3/c1-5-7-9-11-13-15-19-27-21-17-23-29(25(27)3)33-31(32)34-30-24-18-22-28(26(30)4)20-16-14-12-10-8-6-2/h17-18,21-24H,5-16,19-20H2,1-4H3. The van der Waals surface area contributed by atoms with Crippen LogP contribution in [0.2, 0.25) is 0 Å². The summed E-state index contributed by atoms with van der Waals surface area (Å²) in [6, 6.07) is 11.9. The molecule has 0 radical (unpaired) electrons. The maximum absolute atomic E-state index is 12.6. The fourth-order valence-corrected chi connectivity index (χ4v) is 4.47.